The van der Waals surface area contributed by atoms with Gasteiger partial charge in [-0.1, -0.05) is 64.0 Å². The predicted octanol–water partition coefficient (Wildman–Crippen LogP) is 7.11. The smallest absolute Gasteiger partial charge is 0.154 e. The van der Waals surface area contributed by atoms with E-state index >= 15 is 0 Å². The van der Waals surface area contributed by atoms with E-state index in [-0.39, 0.29) is 0 Å². The van der Waals surface area contributed by atoms with Crippen LogP contribution in [0.15, 0.2) is 43.2 Å². The van der Waals surface area contributed by atoms with Crippen molar-refractivity contribution < 1.29 is 0 Å². The van der Waals surface area contributed by atoms with E-state index in [0.717, 1.165) is 29.3 Å². The van der Waals surface area contributed by atoms with Crippen LogP contribution in [-0.4, -0.2) is 9.97 Å². The fourth-order valence-electron chi connectivity index (χ4n) is 4.28. The average molecular weight is 363 g/mol. The summed E-state index contributed by atoms with van der Waals surface area (Å²) in [6, 6.07) is 8.83. The molecule has 3 rings (SSSR count). The van der Waals surface area contributed by atoms with Gasteiger partial charge in [0.25, 0.3) is 0 Å². The molecule has 0 atom stereocenters. The second kappa shape index (κ2) is 9.82. The number of benzene rings is 1. The summed E-state index contributed by atoms with van der Waals surface area (Å²) in [5.41, 5.74) is 4.81. The summed E-state index contributed by atoms with van der Waals surface area (Å²) < 4.78 is 0. The highest BCUT2D eigenvalue weighted by Gasteiger charge is 2.24. The van der Waals surface area contributed by atoms with E-state index in [4.69, 9.17) is 0 Å². The molecule has 0 bridgehead atoms. The first-order valence-electron chi connectivity index (χ1n) is 10.8. The molecule has 1 aromatic heterocycles. The standard InChI is InChI=1S/C25H34N2/c1-4-6-8-21-11-15-23(16-12-21)24-17-26-25(27-18-24)19(3)22-13-9-20(7-5-2)10-14-22/h11-12,15-18,20,22H,3-10,13-14H2,1-2H3/t20-,22-. The molecule has 0 unspecified atom stereocenters. The van der Waals surface area contributed by atoms with Gasteiger partial charge < -0.3 is 0 Å². The summed E-state index contributed by atoms with van der Waals surface area (Å²) >= 11 is 0. The lowest BCUT2D eigenvalue weighted by Crippen LogP contribution is -2.16. The molecule has 1 aliphatic rings. The zero-order valence-electron chi connectivity index (χ0n) is 17.1. The summed E-state index contributed by atoms with van der Waals surface area (Å²) in [5, 5.41) is 0. The van der Waals surface area contributed by atoms with E-state index < -0.39 is 0 Å². The average Bonchev–Trinajstić information content (AvgIpc) is 2.73. The minimum Gasteiger partial charge on any atom is -0.236 e. The molecule has 2 aromatic rings. The molecule has 0 N–H and O–H groups in total. The van der Waals surface area contributed by atoms with Crippen molar-refractivity contribution in [1.29, 1.82) is 0 Å². The Labute approximate surface area is 165 Å². The number of nitrogens with zero attached hydrogens (tertiary/aromatic N) is 2. The highest BCUT2D eigenvalue weighted by Crippen LogP contribution is 2.37. The highest BCUT2D eigenvalue weighted by atomic mass is 14.9. The van der Waals surface area contributed by atoms with E-state index in [1.54, 1.807) is 0 Å². The third-order valence-corrected chi connectivity index (χ3v) is 6.08. The molecule has 2 nitrogen and oxygen atoms in total. The SMILES string of the molecule is C=C(c1ncc(-c2ccc(CCCC)cc2)cn1)[C@H]1CC[C@H](CCC)CC1. The fraction of sp³-hybridized carbons (Fsp3) is 0.520. The van der Waals surface area contributed by atoms with Crippen LogP contribution in [0.1, 0.15) is 76.6 Å². The van der Waals surface area contributed by atoms with Gasteiger partial charge in [0.1, 0.15) is 0 Å². The summed E-state index contributed by atoms with van der Waals surface area (Å²) in [4.78, 5) is 9.29. The van der Waals surface area contributed by atoms with Crippen LogP contribution < -0.4 is 0 Å². The zero-order valence-corrected chi connectivity index (χ0v) is 17.1. The maximum absolute atomic E-state index is 4.65. The zero-order chi connectivity index (χ0) is 19.1. The molecule has 0 aliphatic heterocycles. The second-order valence-corrected chi connectivity index (χ2v) is 8.13. The van der Waals surface area contributed by atoms with E-state index in [9.17, 15) is 0 Å². The topological polar surface area (TPSA) is 25.8 Å². The molecule has 0 radical (unpaired) electrons. The Morgan fingerprint density at radius 1 is 0.926 bits per heavy atom. The van der Waals surface area contributed by atoms with Gasteiger partial charge >= 0.3 is 0 Å². The largest absolute Gasteiger partial charge is 0.236 e. The van der Waals surface area contributed by atoms with Gasteiger partial charge in [-0.3, -0.25) is 0 Å². The number of rotatable bonds is 8. The Hall–Kier alpha value is -1.96. The van der Waals surface area contributed by atoms with Crippen molar-refractivity contribution >= 4 is 5.57 Å². The predicted molar refractivity (Wildman–Crippen MR) is 115 cm³/mol. The third kappa shape index (κ3) is 5.28. The van der Waals surface area contributed by atoms with Gasteiger partial charge in [-0.15, -0.1) is 0 Å². The van der Waals surface area contributed by atoms with Gasteiger partial charge in [-0.2, -0.15) is 0 Å². The molecular formula is C25H34N2. The Morgan fingerprint density at radius 2 is 1.59 bits per heavy atom. The Morgan fingerprint density at radius 3 is 2.19 bits per heavy atom. The highest BCUT2D eigenvalue weighted by molar-refractivity contribution is 5.64. The first-order valence-corrected chi connectivity index (χ1v) is 10.8. The molecule has 27 heavy (non-hydrogen) atoms. The van der Waals surface area contributed by atoms with Crippen LogP contribution >= 0.6 is 0 Å². The van der Waals surface area contributed by atoms with Crippen LogP contribution in [0.5, 0.6) is 0 Å². The van der Waals surface area contributed by atoms with Gasteiger partial charge in [0.05, 0.1) is 0 Å². The van der Waals surface area contributed by atoms with Crippen molar-refractivity contribution in [2.24, 2.45) is 11.8 Å². The van der Waals surface area contributed by atoms with Gasteiger partial charge in [0.15, 0.2) is 5.82 Å². The second-order valence-electron chi connectivity index (χ2n) is 8.13. The molecule has 0 amide bonds. The van der Waals surface area contributed by atoms with Crippen molar-refractivity contribution in [3.63, 3.8) is 0 Å². The molecule has 0 spiro atoms. The normalized spacial score (nSPS) is 19.8. The molecule has 1 heterocycles. The number of aromatic nitrogens is 2. The summed E-state index contributed by atoms with van der Waals surface area (Å²) in [6.45, 7) is 8.86. The van der Waals surface area contributed by atoms with E-state index in [0.29, 0.717) is 5.92 Å². The minimum absolute atomic E-state index is 0.557. The van der Waals surface area contributed by atoms with Crippen LogP contribution in [0.4, 0.5) is 0 Å². The fourth-order valence-corrected chi connectivity index (χ4v) is 4.28. The molecule has 1 aliphatic carbocycles. The van der Waals surface area contributed by atoms with Gasteiger partial charge in [-0.25, -0.2) is 9.97 Å². The monoisotopic (exact) mass is 362 g/mol. The van der Waals surface area contributed by atoms with Gasteiger partial charge in [-0.05, 0) is 67.1 Å². The number of hydrogen-bond acceptors (Lipinski definition) is 2. The van der Waals surface area contributed by atoms with Crippen LogP contribution in [0.3, 0.4) is 0 Å². The summed E-state index contributed by atoms with van der Waals surface area (Å²) in [7, 11) is 0. The maximum Gasteiger partial charge on any atom is 0.154 e. The van der Waals surface area contributed by atoms with Gasteiger partial charge in [0, 0.05) is 18.0 Å². The molecule has 0 saturated heterocycles. The van der Waals surface area contributed by atoms with Crippen LogP contribution in [0.2, 0.25) is 0 Å². The Balaban J connectivity index is 1.60. The summed E-state index contributed by atoms with van der Waals surface area (Å²) in [6.07, 6.45) is 15.4. The van der Waals surface area contributed by atoms with Crippen molar-refractivity contribution in [1.82, 2.24) is 9.97 Å². The van der Waals surface area contributed by atoms with Crippen LogP contribution in [-0.2, 0) is 6.42 Å². The molecule has 1 fully saturated rings. The quantitative estimate of drug-likeness (QED) is 0.500. The van der Waals surface area contributed by atoms with Gasteiger partial charge in [0.2, 0.25) is 0 Å². The van der Waals surface area contributed by atoms with Crippen molar-refractivity contribution in [3.05, 3.63) is 54.6 Å². The lowest BCUT2D eigenvalue weighted by Gasteiger charge is -2.29. The molecule has 144 valence electrons. The number of unbranched alkanes of at least 4 members (excludes halogenated alkanes) is 1. The first kappa shape index (κ1) is 19.8. The van der Waals surface area contributed by atoms with Crippen molar-refractivity contribution in [3.8, 4) is 11.1 Å². The lowest BCUT2D eigenvalue weighted by atomic mass is 9.77. The van der Waals surface area contributed by atoms with Crippen LogP contribution in [0.25, 0.3) is 16.7 Å². The number of allylic oxidation sites excluding steroid dienone is 1. The van der Waals surface area contributed by atoms with Crippen molar-refractivity contribution in [2.45, 2.75) is 71.6 Å². The minimum atomic E-state index is 0.557. The van der Waals surface area contributed by atoms with E-state index in [2.05, 4.69) is 54.7 Å². The maximum atomic E-state index is 4.65. The first-order chi connectivity index (χ1) is 13.2. The Bertz CT molecular complexity index is 707. The molecular weight excluding hydrogens is 328 g/mol. The van der Waals surface area contributed by atoms with Crippen LogP contribution in [0, 0.1) is 11.8 Å². The molecule has 1 aromatic carbocycles. The van der Waals surface area contributed by atoms with E-state index in [1.165, 1.54) is 62.5 Å². The molecule has 1 saturated carbocycles. The number of hydrogen-bond donors (Lipinski definition) is 0. The lowest BCUT2D eigenvalue weighted by molar-refractivity contribution is 0.299. The molecule has 2 heteroatoms. The number of aryl methyl sites for hydroxylation is 1. The Kier molecular flexibility index (Phi) is 7.20. The summed E-state index contributed by atoms with van der Waals surface area (Å²) in [5.74, 6) is 2.31. The van der Waals surface area contributed by atoms with Crippen molar-refractivity contribution in [2.75, 3.05) is 0 Å². The third-order valence-electron chi connectivity index (χ3n) is 6.08. The van der Waals surface area contributed by atoms with E-state index in [1.807, 2.05) is 12.4 Å².